The molecule has 0 saturated carbocycles. The van der Waals surface area contributed by atoms with E-state index in [4.69, 9.17) is 0 Å². The van der Waals surface area contributed by atoms with Crippen LogP contribution in [0.2, 0.25) is 0 Å². The van der Waals surface area contributed by atoms with Gasteiger partial charge in [-0.05, 0) is 26.1 Å². The molecule has 3 nitrogen and oxygen atoms in total. The van der Waals surface area contributed by atoms with Gasteiger partial charge in [0, 0.05) is 6.20 Å². The second-order valence-corrected chi connectivity index (χ2v) is 2.59. The van der Waals surface area contributed by atoms with Crippen LogP contribution >= 0.6 is 0 Å². The van der Waals surface area contributed by atoms with Gasteiger partial charge in [0.2, 0.25) is 0 Å². The largest absolute Gasteiger partial charge is 0.306 e. The Bertz CT molecular complexity index is 258. The Hall–Kier alpha value is -1.22. The number of hydrogen-bond donors (Lipinski definition) is 1. The Labute approximate surface area is 71.8 Å². The van der Waals surface area contributed by atoms with Crippen molar-refractivity contribution < 1.29 is 4.79 Å². The maximum atomic E-state index is 11.1. The molecule has 1 aromatic rings. The summed E-state index contributed by atoms with van der Waals surface area (Å²) in [7, 11) is 1.75. The molecule has 0 aromatic carbocycles. The van der Waals surface area contributed by atoms with E-state index in [2.05, 4.69) is 10.3 Å². The van der Waals surface area contributed by atoms with Crippen molar-refractivity contribution in [2.75, 3.05) is 7.05 Å². The van der Waals surface area contributed by atoms with Crippen molar-refractivity contribution in [1.82, 2.24) is 10.3 Å². The number of ketones is 1. The molecule has 12 heavy (non-hydrogen) atoms. The number of likely N-dealkylation sites (N-methyl/N-ethyl adjacent to an activating group) is 1. The first-order valence-electron chi connectivity index (χ1n) is 3.84. The van der Waals surface area contributed by atoms with E-state index >= 15 is 0 Å². The normalized spacial score (nSPS) is 12.5. The molecular formula is C9H12N2O. The molecule has 0 bridgehead atoms. The maximum Gasteiger partial charge on any atom is 0.152 e. The fourth-order valence-electron chi connectivity index (χ4n) is 1.11. The lowest BCUT2D eigenvalue weighted by Crippen LogP contribution is -2.24. The monoisotopic (exact) mass is 164 g/mol. The highest BCUT2D eigenvalue weighted by Crippen LogP contribution is 2.08. The highest BCUT2D eigenvalue weighted by Gasteiger charge is 2.14. The summed E-state index contributed by atoms with van der Waals surface area (Å²) < 4.78 is 0. The summed E-state index contributed by atoms with van der Waals surface area (Å²) in [5.74, 6) is 0.0798. The third kappa shape index (κ3) is 1.89. The van der Waals surface area contributed by atoms with Crippen LogP contribution < -0.4 is 5.32 Å². The molecule has 0 aliphatic carbocycles. The van der Waals surface area contributed by atoms with Crippen molar-refractivity contribution in [3.05, 3.63) is 30.1 Å². The van der Waals surface area contributed by atoms with Crippen LogP contribution in [0.3, 0.4) is 0 Å². The first kappa shape index (κ1) is 8.87. The summed E-state index contributed by atoms with van der Waals surface area (Å²) in [6, 6.07) is 5.26. The number of Topliss-reactive ketones (excluding diaryl/α,β-unsaturated/α-hetero) is 1. The van der Waals surface area contributed by atoms with Crippen LogP contribution in [0.4, 0.5) is 0 Å². The molecule has 0 radical (unpaired) electrons. The van der Waals surface area contributed by atoms with Crippen LogP contribution in [0.15, 0.2) is 24.4 Å². The third-order valence-corrected chi connectivity index (χ3v) is 1.68. The minimum atomic E-state index is -0.272. The van der Waals surface area contributed by atoms with Gasteiger partial charge in [-0.25, -0.2) is 0 Å². The van der Waals surface area contributed by atoms with Crippen molar-refractivity contribution in [2.24, 2.45) is 0 Å². The molecule has 0 fully saturated rings. The molecule has 1 unspecified atom stereocenters. The number of nitrogens with zero attached hydrogens (tertiary/aromatic N) is 1. The second kappa shape index (κ2) is 3.97. The molecule has 1 aromatic heterocycles. The Morgan fingerprint density at radius 1 is 1.58 bits per heavy atom. The summed E-state index contributed by atoms with van der Waals surface area (Å²) >= 11 is 0. The lowest BCUT2D eigenvalue weighted by atomic mass is 10.1. The number of nitrogens with one attached hydrogen (secondary N) is 1. The third-order valence-electron chi connectivity index (χ3n) is 1.68. The molecule has 1 heterocycles. The van der Waals surface area contributed by atoms with Crippen molar-refractivity contribution in [3.8, 4) is 0 Å². The molecule has 64 valence electrons. The van der Waals surface area contributed by atoms with Gasteiger partial charge >= 0.3 is 0 Å². The summed E-state index contributed by atoms with van der Waals surface area (Å²) in [5, 5.41) is 2.91. The van der Waals surface area contributed by atoms with Crippen LogP contribution in [0.25, 0.3) is 0 Å². The molecule has 1 atom stereocenters. The van der Waals surface area contributed by atoms with Gasteiger partial charge in [0.25, 0.3) is 0 Å². The summed E-state index contributed by atoms with van der Waals surface area (Å²) in [6.07, 6.45) is 1.68. The zero-order valence-corrected chi connectivity index (χ0v) is 7.24. The standard InChI is InChI=1S/C9H12N2O/c1-7(12)9(10-2)8-5-3-4-6-11-8/h3-6,9-10H,1-2H3. The lowest BCUT2D eigenvalue weighted by molar-refractivity contribution is -0.119. The second-order valence-electron chi connectivity index (χ2n) is 2.59. The van der Waals surface area contributed by atoms with Crippen LogP contribution in [-0.2, 0) is 4.79 Å². The summed E-state index contributed by atoms with van der Waals surface area (Å²) in [6.45, 7) is 1.55. The van der Waals surface area contributed by atoms with E-state index in [-0.39, 0.29) is 11.8 Å². The van der Waals surface area contributed by atoms with Crippen molar-refractivity contribution in [1.29, 1.82) is 0 Å². The molecule has 0 aliphatic rings. The van der Waals surface area contributed by atoms with E-state index in [0.717, 1.165) is 5.69 Å². The van der Waals surface area contributed by atoms with E-state index in [1.54, 1.807) is 20.2 Å². The van der Waals surface area contributed by atoms with Gasteiger partial charge in [0.15, 0.2) is 5.78 Å². The van der Waals surface area contributed by atoms with Gasteiger partial charge in [0.1, 0.15) is 6.04 Å². The minimum absolute atomic E-state index is 0.0798. The fourth-order valence-corrected chi connectivity index (χ4v) is 1.11. The van der Waals surface area contributed by atoms with Gasteiger partial charge in [-0.1, -0.05) is 6.07 Å². The highest BCUT2D eigenvalue weighted by molar-refractivity contribution is 5.82. The van der Waals surface area contributed by atoms with Crippen molar-refractivity contribution >= 4 is 5.78 Å². The average Bonchev–Trinajstić information content (AvgIpc) is 2.07. The molecule has 0 amide bonds. The van der Waals surface area contributed by atoms with Gasteiger partial charge in [-0.3, -0.25) is 9.78 Å². The zero-order chi connectivity index (χ0) is 8.97. The van der Waals surface area contributed by atoms with Crippen molar-refractivity contribution in [3.63, 3.8) is 0 Å². The maximum absolute atomic E-state index is 11.1. The van der Waals surface area contributed by atoms with E-state index in [0.29, 0.717) is 0 Å². The minimum Gasteiger partial charge on any atom is -0.306 e. The predicted molar refractivity (Wildman–Crippen MR) is 46.7 cm³/mol. The Balaban J connectivity index is 2.88. The fraction of sp³-hybridized carbons (Fsp3) is 0.333. The van der Waals surface area contributed by atoms with Gasteiger partial charge in [-0.2, -0.15) is 0 Å². The van der Waals surface area contributed by atoms with Crippen molar-refractivity contribution in [2.45, 2.75) is 13.0 Å². The number of carbonyl (C=O) groups excluding carboxylic acids is 1. The number of hydrogen-bond acceptors (Lipinski definition) is 3. The van der Waals surface area contributed by atoms with E-state index in [9.17, 15) is 4.79 Å². The first-order valence-corrected chi connectivity index (χ1v) is 3.84. The Kier molecular flexibility index (Phi) is 2.94. The van der Waals surface area contributed by atoms with Gasteiger partial charge in [-0.15, -0.1) is 0 Å². The van der Waals surface area contributed by atoms with Crippen LogP contribution in [0, 0.1) is 0 Å². The summed E-state index contributed by atoms with van der Waals surface area (Å²) in [4.78, 5) is 15.2. The molecule has 0 spiro atoms. The number of rotatable bonds is 3. The number of pyridine rings is 1. The summed E-state index contributed by atoms with van der Waals surface area (Å²) in [5.41, 5.74) is 0.771. The molecule has 0 saturated heterocycles. The lowest BCUT2D eigenvalue weighted by Gasteiger charge is -2.10. The highest BCUT2D eigenvalue weighted by atomic mass is 16.1. The quantitative estimate of drug-likeness (QED) is 0.722. The van der Waals surface area contributed by atoms with Crippen LogP contribution in [0.5, 0.6) is 0 Å². The van der Waals surface area contributed by atoms with E-state index in [1.165, 1.54) is 0 Å². The first-order chi connectivity index (χ1) is 5.75. The SMILES string of the molecule is CNC(C(C)=O)c1ccccn1. The number of carbonyl (C=O) groups is 1. The average molecular weight is 164 g/mol. The zero-order valence-electron chi connectivity index (χ0n) is 7.24. The van der Waals surface area contributed by atoms with Crippen LogP contribution in [0.1, 0.15) is 18.7 Å². The molecule has 1 rings (SSSR count). The predicted octanol–water partition coefficient (Wildman–Crippen LogP) is 0.931. The Morgan fingerprint density at radius 3 is 2.75 bits per heavy atom. The molecule has 0 aliphatic heterocycles. The molecule has 1 N–H and O–H groups in total. The van der Waals surface area contributed by atoms with Gasteiger partial charge in [0.05, 0.1) is 5.69 Å². The molecule has 3 heteroatoms. The number of aromatic nitrogens is 1. The van der Waals surface area contributed by atoms with Crippen LogP contribution in [-0.4, -0.2) is 17.8 Å². The topological polar surface area (TPSA) is 42.0 Å². The van der Waals surface area contributed by atoms with E-state index < -0.39 is 0 Å². The van der Waals surface area contributed by atoms with Gasteiger partial charge < -0.3 is 5.32 Å². The Morgan fingerprint density at radius 2 is 2.33 bits per heavy atom. The smallest absolute Gasteiger partial charge is 0.152 e. The van der Waals surface area contributed by atoms with E-state index in [1.807, 2.05) is 18.2 Å². The molecular weight excluding hydrogens is 152 g/mol.